The molecule has 1 nitrogen and oxygen atoms in total. The maximum absolute atomic E-state index is 5.63. The van der Waals surface area contributed by atoms with Crippen molar-refractivity contribution in [3.63, 3.8) is 0 Å². The number of nitrogens with two attached hydrogens (primary N) is 1. The topological polar surface area (TPSA) is 26.0 Å². The zero-order valence-electron chi connectivity index (χ0n) is 5.14. The SMILES string of the molecule is NC1CC(C2CC2)C1. The van der Waals surface area contributed by atoms with Gasteiger partial charge in [0.15, 0.2) is 0 Å². The van der Waals surface area contributed by atoms with E-state index in [1.807, 2.05) is 0 Å². The monoisotopic (exact) mass is 111 g/mol. The van der Waals surface area contributed by atoms with E-state index in [0.717, 1.165) is 11.8 Å². The standard InChI is InChI=1S/C7H13N/c8-7-3-6(4-7)5-1-2-5/h5-7H,1-4,8H2. The minimum Gasteiger partial charge on any atom is -0.328 e. The van der Waals surface area contributed by atoms with Crippen LogP contribution in [0.25, 0.3) is 0 Å². The van der Waals surface area contributed by atoms with Crippen molar-refractivity contribution < 1.29 is 0 Å². The predicted molar refractivity (Wildman–Crippen MR) is 33.4 cm³/mol. The first kappa shape index (κ1) is 4.80. The zero-order chi connectivity index (χ0) is 5.56. The summed E-state index contributed by atoms with van der Waals surface area (Å²) in [4.78, 5) is 0. The van der Waals surface area contributed by atoms with Gasteiger partial charge in [0.25, 0.3) is 0 Å². The Morgan fingerprint density at radius 1 is 1.00 bits per heavy atom. The lowest BCUT2D eigenvalue weighted by Gasteiger charge is -2.32. The Labute approximate surface area is 50.3 Å². The van der Waals surface area contributed by atoms with E-state index in [9.17, 15) is 0 Å². The minimum absolute atomic E-state index is 0.570. The predicted octanol–water partition coefficient (Wildman–Crippen LogP) is 1.13. The molecule has 0 saturated heterocycles. The van der Waals surface area contributed by atoms with Crippen LogP contribution in [0.2, 0.25) is 0 Å². The second kappa shape index (κ2) is 1.47. The average Bonchev–Trinajstić information content (AvgIpc) is 2.37. The van der Waals surface area contributed by atoms with Crippen molar-refractivity contribution in [2.45, 2.75) is 31.7 Å². The highest BCUT2D eigenvalue weighted by Crippen LogP contribution is 2.46. The second-order valence-corrected chi connectivity index (χ2v) is 3.33. The fourth-order valence-corrected chi connectivity index (χ4v) is 1.66. The molecule has 0 unspecified atom stereocenters. The van der Waals surface area contributed by atoms with Gasteiger partial charge in [0.05, 0.1) is 0 Å². The molecule has 0 spiro atoms. The van der Waals surface area contributed by atoms with Crippen LogP contribution in [0.5, 0.6) is 0 Å². The Hall–Kier alpha value is -0.0400. The van der Waals surface area contributed by atoms with Gasteiger partial charge in [-0.3, -0.25) is 0 Å². The van der Waals surface area contributed by atoms with Gasteiger partial charge in [0.2, 0.25) is 0 Å². The summed E-state index contributed by atoms with van der Waals surface area (Å²) in [6, 6.07) is 0.570. The summed E-state index contributed by atoms with van der Waals surface area (Å²) in [5.74, 6) is 2.15. The largest absolute Gasteiger partial charge is 0.328 e. The molecule has 0 heterocycles. The summed E-state index contributed by atoms with van der Waals surface area (Å²) in [6.07, 6.45) is 5.64. The van der Waals surface area contributed by atoms with Crippen LogP contribution in [0.3, 0.4) is 0 Å². The maximum Gasteiger partial charge on any atom is 0.00443 e. The molecule has 2 N–H and O–H groups in total. The Balaban J connectivity index is 1.78. The number of rotatable bonds is 1. The van der Waals surface area contributed by atoms with E-state index in [0.29, 0.717) is 6.04 Å². The molecule has 1 heteroatoms. The van der Waals surface area contributed by atoms with Crippen molar-refractivity contribution in [1.82, 2.24) is 0 Å². The molecule has 2 aliphatic rings. The Morgan fingerprint density at radius 3 is 2.00 bits per heavy atom. The molecule has 2 saturated carbocycles. The van der Waals surface area contributed by atoms with Gasteiger partial charge in [-0.1, -0.05) is 0 Å². The van der Waals surface area contributed by atoms with Crippen molar-refractivity contribution in [2.24, 2.45) is 17.6 Å². The Bertz CT molecular complexity index is 90.6. The third kappa shape index (κ3) is 0.655. The quantitative estimate of drug-likeness (QED) is 0.539. The van der Waals surface area contributed by atoms with Crippen LogP contribution in [0.4, 0.5) is 0 Å². The van der Waals surface area contributed by atoms with E-state index in [1.54, 1.807) is 0 Å². The molecule has 46 valence electrons. The lowest BCUT2D eigenvalue weighted by atomic mass is 9.78. The molecular weight excluding hydrogens is 98.1 g/mol. The van der Waals surface area contributed by atoms with Crippen molar-refractivity contribution in [3.05, 3.63) is 0 Å². The van der Waals surface area contributed by atoms with Crippen molar-refractivity contribution in [2.75, 3.05) is 0 Å². The van der Waals surface area contributed by atoms with E-state index in [1.165, 1.54) is 25.7 Å². The third-order valence-electron chi connectivity index (χ3n) is 2.50. The van der Waals surface area contributed by atoms with E-state index >= 15 is 0 Å². The maximum atomic E-state index is 5.63. The minimum atomic E-state index is 0.570. The van der Waals surface area contributed by atoms with Gasteiger partial charge in [-0.25, -0.2) is 0 Å². The first-order valence-corrected chi connectivity index (χ1v) is 3.62. The summed E-state index contributed by atoms with van der Waals surface area (Å²) < 4.78 is 0. The van der Waals surface area contributed by atoms with Gasteiger partial charge in [0.1, 0.15) is 0 Å². The van der Waals surface area contributed by atoms with E-state index < -0.39 is 0 Å². The first-order chi connectivity index (χ1) is 3.86. The van der Waals surface area contributed by atoms with E-state index in [4.69, 9.17) is 5.73 Å². The molecule has 8 heavy (non-hydrogen) atoms. The van der Waals surface area contributed by atoms with Gasteiger partial charge in [0, 0.05) is 6.04 Å². The molecule has 0 aromatic heterocycles. The van der Waals surface area contributed by atoms with Crippen LogP contribution in [0.1, 0.15) is 25.7 Å². The fourth-order valence-electron chi connectivity index (χ4n) is 1.66. The molecule has 2 aliphatic carbocycles. The van der Waals surface area contributed by atoms with Crippen molar-refractivity contribution in [3.8, 4) is 0 Å². The van der Waals surface area contributed by atoms with Crippen molar-refractivity contribution >= 4 is 0 Å². The molecule has 0 amide bonds. The van der Waals surface area contributed by atoms with Crippen LogP contribution >= 0.6 is 0 Å². The molecule has 0 aromatic rings. The molecule has 0 aliphatic heterocycles. The number of hydrogen-bond donors (Lipinski definition) is 1. The lowest BCUT2D eigenvalue weighted by molar-refractivity contribution is 0.234. The Kier molecular flexibility index (Phi) is 0.884. The molecule has 0 aromatic carbocycles. The summed E-state index contributed by atoms with van der Waals surface area (Å²) >= 11 is 0. The smallest absolute Gasteiger partial charge is 0.00443 e. The second-order valence-electron chi connectivity index (χ2n) is 3.33. The van der Waals surface area contributed by atoms with Gasteiger partial charge in [-0.15, -0.1) is 0 Å². The third-order valence-corrected chi connectivity index (χ3v) is 2.50. The highest BCUT2D eigenvalue weighted by atomic mass is 14.7. The lowest BCUT2D eigenvalue weighted by Crippen LogP contribution is -2.37. The van der Waals surface area contributed by atoms with Gasteiger partial charge < -0.3 is 5.73 Å². The summed E-state index contributed by atoms with van der Waals surface area (Å²) in [5.41, 5.74) is 5.63. The van der Waals surface area contributed by atoms with Crippen LogP contribution in [0, 0.1) is 11.8 Å². The van der Waals surface area contributed by atoms with Crippen LogP contribution < -0.4 is 5.73 Å². The van der Waals surface area contributed by atoms with E-state index in [2.05, 4.69) is 0 Å². The average molecular weight is 111 g/mol. The van der Waals surface area contributed by atoms with Crippen molar-refractivity contribution in [1.29, 1.82) is 0 Å². The molecule has 0 atom stereocenters. The zero-order valence-corrected chi connectivity index (χ0v) is 5.14. The fraction of sp³-hybridized carbons (Fsp3) is 1.00. The van der Waals surface area contributed by atoms with Crippen LogP contribution in [-0.2, 0) is 0 Å². The van der Waals surface area contributed by atoms with Crippen LogP contribution in [-0.4, -0.2) is 6.04 Å². The number of hydrogen-bond acceptors (Lipinski definition) is 1. The van der Waals surface area contributed by atoms with Gasteiger partial charge in [-0.2, -0.15) is 0 Å². The molecule has 2 fully saturated rings. The highest BCUT2D eigenvalue weighted by molar-refractivity contribution is 4.92. The Morgan fingerprint density at radius 2 is 1.62 bits per heavy atom. The first-order valence-electron chi connectivity index (χ1n) is 3.62. The van der Waals surface area contributed by atoms with Gasteiger partial charge in [-0.05, 0) is 37.5 Å². The van der Waals surface area contributed by atoms with E-state index in [-0.39, 0.29) is 0 Å². The molecule has 0 bridgehead atoms. The van der Waals surface area contributed by atoms with Gasteiger partial charge >= 0.3 is 0 Å². The molecule has 2 rings (SSSR count). The summed E-state index contributed by atoms with van der Waals surface area (Å²) in [5, 5.41) is 0. The normalized spacial score (nSPS) is 46.1. The summed E-state index contributed by atoms with van der Waals surface area (Å²) in [7, 11) is 0. The highest BCUT2D eigenvalue weighted by Gasteiger charge is 2.38. The molecular formula is C7H13N. The van der Waals surface area contributed by atoms with Crippen LogP contribution in [0.15, 0.2) is 0 Å². The summed E-state index contributed by atoms with van der Waals surface area (Å²) in [6.45, 7) is 0. The molecule has 0 radical (unpaired) electrons.